The van der Waals surface area contributed by atoms with Crippen molar-refractivity contribution >= 4 is 22.2 Å². The Hall–Kier alpha value is -3.18. The van der Waals surface area contributed by atoms with Crippen LogP contribution in [0.15, 0.2) is 65.6 Å². The Labute approximate surface area is 154 Å². The van der Waals surface area contributed by atoms with E-state index in [-0.39, 0.29) is 0 Å². The molecule has 0 aliphatic heterocycles. The number of hydrogen-bond acceptors (Lipinski definition) is 3. The normalized spacial score (nSPS) is 11.3. The maximum absolute atomic E-state index is 4.51. The standard InChI is InChI=1S/C21H16N4S/c1-13-5-7-22-11-17(13)19-10-21(25-24-19)20-9-16-15(14-6-8-26-12-14)3-2-4-18(16)23-20/h2-12,23H,1H3,(H,24,25). The van der Waals surface area contributed by atoms with Gasteiger partial charge >= 0.3 is 0 Å². The van der Waals surface area contributed by atoms with Gasteiger partial charge in [-0.3, -0.25) is 10.1 Å². The fourth-order valence-electron chi connectivity index (χ4n) is 3.31. The van der Waals surface area contributed by atoms with Crippen LogP contribution in [0.3, 0.4) is 0 Å². The molecule has 0 bridgehead atoms. The van der Waals surface area contributed by atoms with E-state index < -0.39 is 0 Å². The van der Waals surface area contributed by atoms with Gasteiger partial charge in [0.15, 0.2) is 0 Å². The number of pyridine rings is 1. The summed E-state index contributed by atoms with van der Waals surface area (Å²) in [5, 5.41) is 13.1. The molecule has 0 unspecified atom stereocenters. The number of H-pyrrole nitrogens is 2. The van der Waals surface area contributed by atoms with E-state index >= 15 is 0 Å². The Morgan fingerprint density at radius 3 is 2.81 bits per heavy atom. The van der Waals surface area contributed by atoms with Gasteiger partial charge in [0.05, 0.1) is 11.4 Å². The molecule has 4 aromatic heterocycles. The molecule has 0 amide bonds. The van der Waals surface area contributed by atoms with Gasteiger partial charge in [-0.15, -0.1) is 0 Å². The summed E-state index contributed by atoms with van der Waals surface area (Å²) in [5.74, 6) is 0. The van der Waals surface area contributed by atoms with Gasteiger partial charge in [-0.2, -0.15) is 16.4 Å². The molecule has 26 heavy (non-hydrogen) atoms. The third kappa shape index (κ3) is 2.45. The van der Waals surface area contributed by atoms with Gasteiger partial charge in [-0.1, -0.05) is 12.1 Å². The highest BCUT2D eigenvalue weighted by Gasteiger charge is 2.12. The number of aromatic amines is 2. The zero-order chi connectivity index (χ0) is 17.5. The van der Waals surface area contributed by atoms with E-state index in [4.69, 9.17) is 0 Å². The summed E-state index contributed by atoms with van der Waals surface area (Å²) in [6.07, 6.45) is 3.67. The van der Waals surface area contributed by atoms with Crippen molar-refractivity contribution < 1.29 is 0 Å². The smallest absolute Gasteiger partial charge is 0.109 e. The van der Waals surface area contributed by atoms with Crippen molar-refractivity contribution in [2.75, 3.05) is 0 Å². The van der Waals surface area contributed by atoms with E-state index in [1.54, 1.807) is 17.5 Å². The average Bonchev–Trinajstić information content (AvgIpc) is 3.40. The van der Waals surface area contributed by atoms with Crippen molar-refractivity contribution in [2.45, 2.75) is 6.92 Å². The van der Waals surface area contributed by atoms with E-state index in [1.807, 2.05) is 12.3 Å². The first-order valence-corrected chi connectivity index (χ1v) is 9.35. The highest BCUT2D eigenvalue weighted by atomic mass is 32.1. The maximum atomic E-state index is 4.51. The molecule has 126 valence electrons. The van der Waals surface area contributed by atoms with Crippen LogP contribution in [0.1, 0.15) is 5.56 Å². The molecule has 4 heterocycles. The Balaban J connectivity index is 1.61. The maximum Gasteiger partial charge on any atom is 0.109 e. The molecular formula is C21H16N4S. The highest BCUT2D eigenvalue weighted by Crippen LogP contribution is 2.33. The van der Waals surface area contributed by atoms with Crippen LogP contribution in [0.5, 0.6) is 0 Å². The minimum Gasteiger partial charge on any atom is -0.353 e. The summed E-state index contributed by atoms with van der Waals surface area (Å²) >= 11 is 1.71. The zero-order valence-electron chi connectivity index (χ0n) is 14.2. The van der Waals surface area contributed by atoms with E-state index in [2.05, 4.69) is 74.2 Å². The third-order valence-electron chi connectivity index (χ3n) is 4.68. The number of hydrogen-bond donors (Lipinski definition) is 2. The SMILES string of the molecule is Cc1ccncc1-c1cc(-c2cc3c(-c4ccsc4)cccc3[nH]2)n[nH]1. The molecule has 0 saturated carbocycles. The van der Waals surface area contributed by atoms with Crippen molar-refractivity contribution in [2.24, 2.45) is 0 Å². The monoisotopic (exact) mass is 356 g/mol. The topological polar surface area (TPSA) is 57.4 Å². The van der Waals surface area contributed by atoms with Crippen molar-refractivity contribution in [3.05, 3.63) is 71.2 Å². The van der Waals surface area contributed by atoms with Crippen LogP contribution in [0.25, 0.3) is 44.7 Å². The van der Waals surface area contributed by atoms with Gasteiger partial charge < -0.3 is 4.98 Å². The largest absolute Gasteiger partial charge is 0.353 e. The van der Waals surface area contributed by atoms with Crippen molar-refractivity contribution in [1.82, 2.24) is 20.2 Å². The van der Waals surface area contributed by atoms with Crippen LogP contribution in [-0.2, 0) is 0 Å². The number of aryl methyl sites for hydroxylation is 1. The molecule has 0 radical (unpaired) electrons. The van der Waals surface area contributed by atoms with Gasteiger partial charge in [-0.05, 0) is 64.7 Å². The third-order valence-corrected chi connectivity index (χ3v) is 5.36. The molecular weight excluding hydrogens is 340 g/mol. The Kier molecular flexibility index (Phi) is 3.47. The first kappa shape index (κ1) is 15.1. The van der Waals surface area contributed by atoms with E-state index in [0.29, 0.717) is 0 Å². The molecule has 0 atom stereocenters. The molecule has 4 nitrogen and oxygen atoms in total. The zero-order valence-corrected chi connectivity index (χ0v) is 15.0. The molecule has 1 aromatic carbocycles. The lowest BCUT2D eigenvalue weighted by molar-refractivity contribution is 1.09. The predicted molar refractivity (Wildman–Crippen MR) is 107 cm³/mol. The predicted octanol–water partition coefficient (Wildman–Crippen LogP) is 5.66. The average molecular weight is 356 g/mol. The first-order chi connectivity index (χ1) is 12.8. The second kappa shape index (κ2) is 5.97. The quantitative estimate of drug-likeness (QED) is 0.438. The van der Waals surface area contributed by atoms with Crippen LogP contribution < -0.4 is 0 Å². The lowest BCUT2D eigenvalue weighted by Crippen LogP contribution is -1.84. The Bertz CT molecular complexity index is 1200. The minimum absolute atomic E-state index is 0.899. The van der Waals surface area contributed by atoms with E-state index in [9.17, 15) is 0 Å². The Morgan fingerprint density at radius 2 is 1.96 bits per heavy atom. The van der Waals surface area contributed by atoms with Gasteiger partial charge in [0, 0.05) is 28.9 Å². The number of nitrogens with one attached hydrogen (secondary N) is 2. The summed E-state index contributed by atoms with van der Waals surface area (Å²) in [5.41, 5.74) is 8.73. The molecule has 0 aliphatic rings. The fourth-order valence-corrected chi connectivity index (χ4v) is 3.96. The molecule has 0 aliphatic carbocycles. The highest BCUT2D eigenvalue weighted by molar-refractivity contribution is 7.08. The molecule has 0 fully saturated rings. The van der Waals surface area contributed by atoms with Crippen LogP contribution >= 0.6 is 11.3 Å². The molecule has 0 spiro atoms. The van der Waals surface area contributed by atoms with Crippen LogP contribution in [-0.4, -0.2) is 20.2 Å². The van der Waals surface area contributed by atoms with Gasteiger partial charge in [-0.25, -0.2) is 0 Å². The summed E-state index contributed by atoms with van der Waals surface area (Å²) in [7, 11) is 0. The van der Waals surface area contributed by atoms with Crippen LogP contribution in [0.4, 0.5) is 0 Å². The lowest BCUT2D eigenvalue weighted by atomic mass is 10.0. The van der Waals surface area contributed by atoms with E-state index in [0.717, 1.165) is 28.2 Å². The van der Waals surface area contributed by atoms with E-state index in [1.165, 1.54) is 22.1 Å². The number of thiophene rings is 1. The van der Waals surface area contributed by atoms with Crippen molar-refractivity contribution in [3.8, 4) is 33.8 Å². The van der Waals surface area contributed by atoms with Gasteiger partial charge in [0.25, 0.3) is 0 Å². The fraction of sp³-hybridized carbons (Fsp3) is 0.0476. The summed E-state index contributed by atoms with van der Waals surface area (Å²) in [6, 6.07) is 14.8. The summed E-state index contributed by atoms with van der Waals surface area (Å²) in [4.78, 5) is 7.72. The van der Waals surface area contributed by atoms with Crippen molar-refractivity contribution in [3.63, 3.8) is 0 Å². The molecule has 5 aromatic rings. The van der Waals surface area contributed by atoms with Gasteiger partial charge in [0.1, 0.15) is 5.69 Å². The number of aromatic nitrogens is 4. The molecule has 2 N–H and O–H groups in total. The summed E-state index contributed by atoms with van der Waals surface area (Å²) < 4.78 is 0. The number of fused-ring (bicyclic) bond motifs is 1. The second-order valence-electron chi connectivity index (χ2n) is 6.32. The lowest BCUT2D eigenvalue weighted by Gasteiger charge is -1.99. The minimum atomic E-state index is 0.899. The summed E-state index contributed by atoms with van der Waals surface area (Å²) in [6.45, 7) is 2.08. The van der Waals surface area contributed by atoms with Crippen LogP contribution in [0, 0.1) is 6.92 Å². The number of rotatable bonds is 3. The molecule has 5 rings (SSSR count). The first-order valence-electron chi connectivity index (χ1n) is 8.41. The second-order valence-corrected chi connectivity index (χ2v) is 7.10. The van der Waals surface area contributed by atoms with Gasteiger partial charge in [0.2, 0.25) is 0 Å². The Morgan fingerprint density at radius 1 is 1.00 bits per heavy atom. The van der Waals surface area contributed by atoms with Crippen molar-refractivity contribution in [1.29, 1.82) is 0 Å². The number of benzene rings is 1. The van der Waals surface area contributed by atoms with Crippen LogP contribution in [0.2, 0.25) is 0 Å². The number of nitrogens with zero attached hydrogens (tertiary/aromatic N) is 2. The molecule has 0 saturated heterocycles. The molecule has 5 heteroatoms.